The van der Waals surface area contributed by atoms with E-state index in [1.807, 2.05) is 66.7 Å². The Morgan fingerprint density at radius 2 is 1.29 bits per heavy atom. The maximum absolute atomic E-state index is 11.2. The molecule has 0 saturated heterocycles. The molecule has 6 heteroatoms. The minimum atomic E-state index is -0.791. The highest BCUT2D eigenvalue weighted by atomic mass is 16.5. The lowest BCUT2D eigenvalue weighted by Gasteiger charge is -2.30. The van der Waals surface area contributed by atoms with Gasteiger partial charge in [0.1, 0.15) is 23.0 Å². The molecule has 6 nitrogen and oxygen atoms in total. The smallest absolute Gasteiger partial charge is 0.197 e. The predicted octanol–water partition coefficient (Wildman–Crippen LogP) is 9.68. The number of aliphatic hydroxyl groups is 5. The highest BCUT2D eigenvalue weighted by Gasteiger charge is 2.41. The lowest BCUT2D eigenvalue weighted by atomic mass is 9.72. The van der Waals surface area contributed by atoms with Crippen LogP contribution < -0.4 is 4.74 Å². The van der Waals surface area contributed by atoms with Gasteiger partial charge in [-0.2, -0.15) is 0 Å². The summed E-state index contributed by atoms with van der Waals surface area (Å²) in [6.07, 6.45) is 12.5. The van der Waals surface area contributed by atoms with Gasteiger partial charge in [0.15, 0.2) is 17.3 Å². The van der Waals surface area contributed by atoms with Gasteiger partial charge < -0.3 is 30.3 Å². The van der Waals surface area contributed by atoms with E-state index in [1.165, 1.54) is 0 Å². The summed E-state index contributed by atoms with van der Waals surface area (Å²) >= 11 is 0. The van der Waals surface area contributed by atoms with Crippen LogP contribution in [0, 0.1) is 0 Å². The van der Waals surface area contributed by atoms with Crippen molar-refractivity contribution in [2.45, 2.75) is 31.1 Å². The molecule has 0 saturated carbocycles. The second kappa shape index (κ2) is 10.2. The first kappa shape index (κ1) is 27.0. The number of hydrogen-bond acceptors (Lipinski definition) is 6. The first-order valence-electron chi connectivity index (χ1n) is 15.1. The Morgan fingerprint density at radius 1 is 0.644 bits per heavy atom. The quantitative estimate of drug-likeness (QED) is 0.151. The van der Waals surface area contributed by atoms with Crippen LogP contribution >= 0.6 is 0 Å². The van der Waals surface area contributed by atoms with Gasteiger partial charge in [0.2, 0.25) is 0 Å². The summed E-state index contributed by atoms with van der Waals surface area (Å²) in [5.74, 6) is -1.77. The van der Waals surface area contributed by atoms with Gasteiger partial charge in [0.25, 0.3) is 0 Å². The van der Waals surface area contributed by atoms with E-state index in [-0.39, 0.29) is 17.4 Å². The number of hydrogen-bond donors (Lipinski definition) is 5. The van der Waals surface area contributed by atoms with Crippen LogP contribution in [0.4, 0.5) is 0 Å². The normalized spacial score (nSPS) is 21.3. The van der Waals surface area contributed by atoms with Gasteiger partial charge in [-0.05, 0) is 51.6 Å². The van der Waals surface area contributed by atoms with Crippen molar-refractivity contribution < 1.29 is 30.3 Å². The first-order chi connectivity index (χ1) is 21.9. The Balaban J connectivity index is 1.44. The third kappa shape index (κ3) is 4.02. The van der Waals surface area contributed by atoms with E-state index in [2.05, 4.69) is 36.4 Å². The molecule has 0 radical (unpaired) electrons. The van der Waals surface area contributed by atoms with E-state index in [1.54, 1.807) is 0 Å². The predicted molar refractivity (Wildman–Crippen MR) is 175 cm³/mol. The maximum Gasteiger partial charge on any atom is 0.197 e. The monoisotopic (exact) mass is 594 g/mol. The summed E-state index contributed by atoms with van der Waals surface area (Å²) in [7, 11) is 0. The van der Waals surface area contributed by atoms with Crippen LogP contribution in [0.2, 0.25) is 0 Å². The van der Waals surface area contributed by atoms with E-state index in [9.17, 15) is 25.5 Å². The molecule has 4 aromatic rings. The van der Waals surface area contributed by atoms with Crippen molar-refractivity contribution in [3.8, 4) is 5.75 Å². The summed E-state index contributed by atoms with van der Waals surface area (Å²) in [5, 5.41) is 57.2. The number of benzene rings is 4. The molecule has 3 aliphatic carbocycles. The molecule has 2 atom stereocenters. The Morgan fingerprint density at radius 3 is 1.98 bits per heavy atom. The molecule has 45 heavy (non-hydrogen) atoms. The fourth-order valence-electron chi connectivity index (χ4n) is 7.31. The second-order valence-electron chi connectivity index (χ2n) is 11.8. The van der Waals surface area contributed by atoms with Gasteiger partial charge in [0, 0.05) is 22.6 Å². The molecule has 2 unspecified atom stereocenters. The molecule has 0 bridgehead atoms. The molecule has 0 spiro atoms. The summed E-state index contributed by atoms with van der Waals surface area (Å²) < 4.78 is 6.64. The van der Waals surface area contributed by atoms with Crippen LogP contribution in [0.25, 0.3) is 27.1 Å². The zero-order valence-electron chi connectivity index (χ0n) is 24.2. The van der Waals surface area contributed by atoms with E-state index >= 15 is 0 Å². The molecule has 5 N–H and O–H groups in total. The first-order valence-corrected chi connectivity index (χ1v) is 15.1. The minimum absolute atomic E-state index is 0.0955. The van der Waals surface area contributed by atoms with Gasteiger partial charge in [-0.15, -0.1) is 0 Å². The summed E-state index contributed by atoms with van der Waals surface area (Å²) in [6, 6.07) is 23.7. The molecule has 4 aliphatic rings. The molecule has 8 rings (SSSR count). The van der Waals surface area contributed by atoms with Crippen LogP contribution in [-0.2, 0) is 0 Å². The zero-order chi connectivity index (χ0) is 30.8. The molecule has 1 aliphatic heterocycles. The average Bonchev–Trinajstić information content (AvgIpc) is 3.45. The van der Waals surface area contributed by atoms with Crippen molar-refractivity contribution in [3.63, 3.8) is 0 Å². The van der Waals surface area contributed by atoms with Gasteiger partial charge >= 0.3 is 0 Å². The number of allylic oxidation sites excluding steroid dienone is 9. The van der Waals surface area contributed by atoms with E-state index in [0.717, 1.165) is 57.4 Å². The molecule has 1 heterocycles. The summed E-state index contributed by atoms with van der Waals surface area (Å²) in [4.78, 5) is 0. The average molecular weight is 595 g/mol. The maximum atomic E-state index is 11.2. The topological polar surface area (TPSA) is 110 Å². The van der Waals surface area contributed by atoms with Crippen molar-refractivity contribution in [1.29, 1.82) is 0 Å². The van der Waals surface area contributed by atoms with Crippen LogP contribution in [0.15, 0.2) is 149 Å². The molecular formula is C39H30O6. The summed E-state index contributed by atoms with van der Waals surface area (Å²) in [6.45, 7) is 0. The van der Waals surface area contributed by atoms with Crippen LogP contribution in [0.3, 0.4) is 0 Å². The van der Waals surface area contributed by atoms with Gasteiger partial charge in [-0.1, -0.05) is 97.1 Å². The van der Waals surface area contributed by atoms with E-state index in [0.29, 0.717) is 16.3 Å². The third-order valence-corrected chi connectivity index (χ3v) is 9.29. The van der Waals surface area contributed by atoms with E-state index in [4.69, 9.17) is 4.74 Å². The van der Waals surface area contributed by atoms with Crippen LogP contribution in [0.1, 0.15) is 47.8 Å². The Labute approximate surface area is 259 Å². The molecule has 222 valence electrons. The third-order valence-electron chi connectivity index (χ3n) is 9.29. The number of rotatable bonds is 3. The second-order valence-corrected chi connectivity index (χ2v) is 11.8. The lowest BCUT2D eigenvalue weighted by Crippen LogP contribution is -2.17. The van der Waals surface area contributed by atoms with Crippen molar-refractivity contribution >= 4 is 27.1 Å². The highest BCUT2D eigenvalue weighted by molar-refractivity contribution is 6.14. The molecule has 4 aromatic carbocycles. The number of aliphatic hydroxyl groups excluding tert-OH is 5. The van der Waals surface area contributed by atoms with E-state index < -0.39 is 35.2 Å². The van der Waals surface area contributed by atoms with Crippen LogP contribution in [-0.4, -0.2) is 25.5 Å². The molecule has 0 amide bonds. The highest BCUT2D eigenvalue weighted by Crippen LogP contribution is 2.56. The number of fused-ring (bicyclic) bond motifs is 5. The SMILES string of the molecule is OC1=C(O)C(O)=C(c2c3ccccc3c(C3C=CC(C4=CCCC=C4)=C4Oc5ccccc5C43)c3ccccc23)C(O)=C(O)C1. The van der Waals surface area contributed by atoms with Crippen molar-refractivity contribution in [2.24, 2.45) is 0 Å². The summed E-state index contributed by atoms with van der Waals surface area (Å²) in [5.41, 5.74) is 4.68. The number of ether oxygens (including phenoxy) is 1. The molecule has 0 fully saturated rings. The molecular weight excluding hydrogens is 564 g/mol. The van der Waals surface area contributed by atoms with Crippen molar-refractivity contribution in [2.75, 3.05) is 0 Å². The number of para-hydroxylation sites is 1. The van der Waals surface area contributed by atoms with Gasteiger partial charge in [-0.3, -0.25) is 0 Å². The minimum Gasteiger partial charge on any atom is -0.508 e. The van der Waals surface area contributed by atoms with Crippen molar-refractivity contribution in [3.05, 3.63) is 166 Å². The largest absolute Gasteiger partial charge is 0.508 e. The Hall–Kier alpha value is -5.62. The van der Waals surface area contributed by atoms with Gasteiger partial charge in [-0.25, -0.2) is 0 Å². The lowest BCUT2D eigenvalue weighted by molar-refractivity contribution is 0.270. The Bertz CT molecular complexity index is 2110. The molecule has 0 aromatic heterocycles. The van der Waals surface area contributed by atoms with Crippen LogP contribution in [0.5, 0.6) is 5.75 Å². The van der Waals surface area contributed by atoms with Gasteiger partial charge in [0.05, 0.1) is 17.9 Å². The van der Waals surface area contributed by atoms with Crippen molar-refractivity contribution in [1.82, 2.24) is 0 Å². The fraction of sp³-hybridized carbons (Fsp3) is 0.128. The zero-order valence-corrected chi connectivity index (χ0v) is 24.2. The fourth-order valence-corrected chi connectivity index (χ4v) is 7.31. The standard InChI is InChI=1S/C39H30O6/c40-29-20-30(41)37(43)38(44)35(36(29)42)33-25-14-6-4-12-23(25)32(24-13-5-7-15-26(24)33)28-19-18-22(21-10-2-1-3-11-21)39-34(28)27-16-8-9-17-31(27)45-39/h2,4-19,28,34,40-44H,1,3,20H2. The Kier molecular flexibility index (Phi) is 6.13.